The van der Waals surface area contributed by atoms with Gasteiger partial charge >= 0.3 is 0 Å². The summed E-state index contributed by atoms with van der Waals surface area (Å²) in [4.78, 5) is 24.0. The SMILES string of the molecule is CCCc1cc(N2CCCC(C(=O)Nc3ccc4c(c3)OCO4)C2)n2ncnc2n1. The van der Waals surface area contributed by atoms with E-state index in [1.807, 2.05) is 12.1 Å². The van der Waals surface area contributed by atoms with Crippen molar-refractivity contribution in [3.8, 4) is 11.5 Å². The third-order valence-electron chi connectivity index (χ3n) is 5.55. The van der Waals surface area contributed by atoms with Gasteiger partial charge in [0.05, 0.1) is 5.92 Å². The maximum atomic E-state index is 13.0. The average Bonchev–Trinajstić information content (AvgIpc) is 3.42. The molecule has 5 rings (SSSR count). The predicted octanol–water partition coefficient (Wildman–Crippen LogP) is 2.66. The number of hydrogen-bond donors (Lipinski definition) is 1. The largest absolute Gasteiger partial charge is 0.454 e. The highest BCUT2D eigenvalue weighted by molar-refractivity contribution is 5.93. The number of benzene rings is 1. The molecule has 0 saturated carbocycles. The van der Waals surface area contributed by atoms with Gasteiger partial charge in [0, 0.05) is 36.6 Å². The molecule has 2 aromatic heterocycles. The molecule has 0 spiro atoms. The topological polar surface area (TPSA) is 93.9 Å². The fourth-order valence-electron chi connectivity index (χ4n) is 4.07. The Morgan fingerprint density at radius 3 is 3.07 bits per heavy atom. The van der Waals surface area contributed by atoms with E-state index in [0.29, 0.717) is 29.5 Å². The molecule has 0 bridgehead atoms. The molecule has 2 aliphatic heterocycles. The molecule has 1 atom stereocenters. The van der Waals surface area contributed by atoms with Crippen LogP contribution in [-0.2, 0) is 11.2 Å². The molecular weight excluding hydrogens is 384 g/mol. The average molecular weight is 408 g/mol. The number of hydrogen-bond acceptors (Lipinski definition) is 7. The first-order valence-corrected chi connectivity index (χ1v) is 10.4. The van der Waals surface area contributed by atoms with Crippen molar-refractivity contribution in [3.63, 3.8) is 0 Å². The van der Waals surface area contributed by atoms with Crippen molar-refractivity contribution in [2.45, 2.75) is 32.6 Å². The second-order valence-corrected chi connectivity index (χ2v) is 7.67. The zero-order valence-corrected chi connectivity index (χ0v) is 16.9. The van der Waals surface area contributed by atoms with Crippen LogP contribution in [0.25, 0.3) is 5.78 Å². The van der Waals surface area contributed by atoms with Crippen LogP contribution < -0.4 is 19.7 Å². The van der Waals surface area contributed by atoms with E-state index in [0.717, 1.165) is 43.7 Å². The Hall–Kier alpha value is -3.36. The lowest BCUT2D eigenvalue weighted by Gasteiger charge is -2.33. The van der Waals surface area contributed by atoms with Crippen LogP contribution in [-0.4, -0.2) is 45.4 Å². The van der Waals surface area contributed by atoms with Crippen LogP contribution in [0.1, 0.15) is 31.9 Å². The Bertz CT molecular complexity index is 1080. The molecule has 1 aromatic carbocycles. The van der Waals surface area contributed by atoms with Crippen molar-refractivity contribution in [2.24, 2.45) is 5.92 Å². The van der Waals surface area contributed by atoms with Gasteiger partial charge in [-0.05, 0) is 31.4 Å². The minimum absolute atomic E-state index is 0.0104. The standard InChI is InChI=1S/C21H24N6O3/c1-2-4-15-10-19(27-21(25-15)22-12-23-27)26-8-3-5-14(11-26)20(28)24-16-6-7-17-18(9-16)30-13-29-17/h6-7,9-10,12,14H,2-5,8,11,13H2,1H3,(H,24,28). The number of carbonyl (C=O) groups is 1. The molecule has 156 valence electrons. The molecular formula is C21H24N6O3. The van der Waals surface area contributed by atoms with E-state index in [-0.39, 0.29) is 18.6 Å². The van der Waals surface area contributed by atoms with Crippen LogP contribution in [0.5, 0.6) is 11.5 Å². The van der Waals surface area contributed by atoms with E-state index in [1.54, 1.807) is 10.6 Å². The Kier molecular flexibility index (Phi) is 4.86. The number of fused-ring (bicyclic) bond motifs is 2. The minimum atomic E-state index is -0.120. The number of nitrogens with one attached hydrogen (secondary N) is 1. The van der Waals surface area contributed by atoms with Gasteiger partial charge < -0.3 is 19.7 Å². The van der Waals surface area contributed by atoms with Crippen molar-refractivity contribution in [2.75, 3.05) is 30.1 Å². The number of carbonyl (C=O) groups excluding carboxylic acids is 1. The Morgan fingerprint density at radius 1 is 1.27 bits per heavy atom. The molecule has 9 nitrogen and oxygen atoms in total. The highest BCUT2D eigenvalue weighted by Crippen LogP contribution is 2.34. The van der Waals surface area contributed by atoms with E-state index in [9.17, 15) is 4.79 Å². The molecule has 9 heteroatoms. The fourth-order valence-corrected chi connectivity index (χ4v) is 4.07. The number of piperidine rings is 1. The maximum Gasteiger partial charge on any atom is 0.254 e. The number of anilines is 2. The van der Waals surface area contributed by atoms with Crippen LogP contribution in [0.2, 0.25) is 0 Å². The molecule has 1 saturated heterocycles. The van der Waals surface area contributed by atoms with Gasteiger partial charge in [-0.3, -0.25) is 4.79 Å². The summed E-state index contributed by atoms with van der Waals surface area (Å²) in [5, 5.41) is 7.37. The first-order valence-electron chi connectivity index (χ1n) is 10.4. The highest BCUT2D eigenvalue weighted by Gasteiger charge is 2.28. The summed E-state index contributed by atoms with van der Waals surface area (Å²) in [5.74, 6) is 2.80. The molecule has 1 amide bonds. The molecule has 1 N–H and O–H groups in total. The lowest BCUT2D eigenvalue weighted by atomic mass is 9.97. The second kappa shape index (κ2) is 7.81. The molecule has 3 aromatic rings. The van der Waals surface area contributed by atoms with Gasteiger partial charge in [-0.2, -0.15) is 14.6 Å². The van der Waals surface area contributed by atoms with Crippen molar-refractivity contribution >= 4 is 23.2 Å². The maximum absolute atomic E-state index is 13.0. The van der Waals surface area contributed by atoms with Crippen molar-refractivity contribution in [3.05, 3.63) is 36.3 Å². The van der Waals surface area contributed by atoms with E-state index in [4.69, 9.17) is 9.47 Å². The zero-order valence-electron chi connectivity index (χ0n) is 16.9. The summed E-state index contributed by atoms with van der Waals surface area (Å²) in [6, 6.07) is 7.53. The van der Waals surface area contributed by atoms with Gasteiger partial charge in [0.1, 0.15) is 12.1 Å². The normalized spacial score (nSPS) is 18.0. The first-order chi connectivity index (χ1) is 14.7. The third-order valence-corrected chi connectivity index (χ3v) is 5.55. The Balaban J connectivity index is 1.34. The summed E-state index contributed by atoms with van der Waals surface area (Å²) in [5.41, 5.74) is 1.72. The lowest BCUT2D eigenvalue weighted by molar-refractivity contribution is -0.120. The summed E-state index contributed by atoms with van der Waals surface area (Å²) in [6.45, 7) is 3.85. The molecule has 4 heterocycles. The zero-order chi connectivity index (χ0) is 20.5. The van der Waals surface area contributed by atoms with Crippen molar-refractivity contribution in [1.29, 1.82) is 0 Å². The van der Waals surface area contributed by atoms with Gasteiger partial charge in [-0.25, -0.2) is 4.98 Å². The molecule has 30 heavy (non-hydrogen) atoms. The Morgan fingerprint density at radius 2 is 2.17 bits per heavy atom. The Labute approximate surface area is 174 Å². The number of amides is 1. The van der Waals surface area contributed by atoms with Crippen LogP contribution in [0, 0.1) is 5.92 Å². The van der Waals surface area contributed by atoms with E-state index in [1.165, 1.54) is 6.33 Å². The number of rotatable bonds is 5. The van der Waals surface area contributed by atoms with Gasteiger partial charge in [0.15, 0.2) is 11.5 Å². The van der Waals surface area contributed by atoms with Crippen LogP contribution >= 0.6 is 0 Å². The summed E-state index contributed by atoms with van der Waals surface area (Å²) >= 11 is 0. The number of ether oxygens (including phenoxy) is 2. The first kappa shape index (κ1) is 18.7. The molecule has 1 fully saturated rings. The van der Waals surface area contributed by atoms with Gasteiger partial charge in [-0.15, -0.1) is 0 Å². The van der Waals surface area contributed by atoms with Crippen molar-refractivity contribution in [1.82, 2.24) is 19.6 Å². The minimum Gasteiger partial charge on any atom is -0.454 e. The van der Waals surface area contributed by atoms with E-state index < -0.39 is 0 Å². The van der Waals surface area contributed by atoms with Gasteiger partial charge in [0.25, 0.3) is 5.78 Å². The third kappa shape index (κ3) is 3.51. The van der Waals surface area contributed by atoms with Crippen LogP contribution in [0.3, 0.4) is 0 Å². The number of aryl methyl sites for hydroxylation is 1. The quantitative estimate of drug-likeness (QED) is 0.694. The summed E-state index contributed by atoms with van der Waals surface area (Å²) < 4.78 is 12.5. The number of nitrogens with zero attached hydrogens (tertiary/aromatic N) is 5. The summed E-state index contributed by atoms with van der Waals surface area (Å²) in [7, 11) is 0. The number of aromatic nitrogens is 4. The molecule has 0 aliphatic carbocycles. The van der Waals surface area contributed by atoms with Crippen LogP contribution in [0.15, 0.2) is 30.6 Å². The van der Waals surface area contributed by atoms with E-state index in [2.05, 4.69) is 38.3 Å². The molecule has 1 unspecified atom stereocenters. The molecule has 0 radical (unpaired) electrons. The summed E-state index contributed by atoms with van der Waals surface area (Å²) in [6.07, 6.45) is 5.20. The van der Waals surface area contributed by atoms with Gasteiger partial charge in [0.2, 0.25) is 12.7 Å². The van der Waals surface area contributed by atoms with E-state index >= 15 is 0 Å². The highest BCUT2D eigenvalue weighted by atomic mass is 16.7. The monoisotopic (exact) mass is 408 g/mol. The fraction of sp³-hybridized carbons (Fsp3) is 0.429. The predicted molar refractivity (Wildman–Crippen MR) is 111 cm³/mol. The van der Waals surface area contributed by atoms with Gasteiger partial charge in [-0.1, -0.05) is 13.3 Å². The second-order valence-electron chi connectivity index (χ2n) is 7.67. The molecule has 2 aliphatic rings. The smallest absolute Gasteiger partial charge is 0.254 e. The lowest BCUT2D eigenvalue weighted by Crippen LogP contribution is -2.41. The van der Waals surface area contributed by atoms with Crippen LogP contribution in [0.4, 0.5) is 11.5 Å². The van der Waals surface area contributed by atoms with Crippen molar-refractivity contribution < 1.29 is 14.3 Å².